The van der Waals surface area contributed by atoms with E-state index in [4.69, 9.17) is 5.73 Å². The van der Waals surface area contributed by atoms with Gasteiger partial charge in [0.1, 0.15) is 5.69 Å². The Morgan fingerprint density at radius 1 is 1.65 bits per heavy atom. The zero-order valence-electron chi connectivity index (χ0n) is 9.56. The summed E-state index contributed by atoms with van der Waals surface area (Å²) in [4.78, 5) is 24.7. The average Bonchev–Trinajstić information content (AvgIpc) is 2.97. The second-order valence-corrected chi connectivity index (χ2v) is 4.20. The molecular formula is C10H15N5O2. The minimum Gasteiger partial charge on any atom is -0.396 e. The maximum Gasteiger partial charge on any atom is 0.274 e. The number of hydrogen-bond donors (Lipinski definition) is 3. The lowest BCUT2D eigenvalue weighted by Gasteiger charge is -2.15. The summed E-state index contributed by atoms with van der Waals surface area (Å²) < 4.78 is 0. The lowest BCUT2D eigenvalue weighted by atomic mass is 10.3. The number of H-pyrrole nitrogens is 1. The van der Waals surface area contributed by atoms with Crippen LogP contribution in [0.3, 0.4) is 0 Å². The van der Waals surface area contributed by atoms with Crippen molar-refractivity contribution in [1.82, 2.24) is 20.4 Å². The van der Waals surface area contributed by atoms with Gasteiger partial charge in [-0.15, -0.1) is 0 Å². The highest BCUT2D eigenvalue weighted by Gasteiger charge is 2.25. The van der Waals surface area contributed by atoms with Gasteiger partial charge in [-0.25, -0.2) is 0 Å². The highest BCUT2D eigenvalue weighted by molar-refractivity contribution is 5.98. The fraction of sp³-hybridized carbons (Fsp3) is 0.500. The fourth-order valence-corrected chi connectivity index (χ4v) is 1.45. The lowest BCUT2D eigenvalue weighted by molar-refractivity contribution is -0.121. The number of nitrogen functional groups attached to an aromatic ring is 1. The molecule has 2 rings (SSSR count). The molecule has 1 fully saturated rings. The largest absolute Gasteiger partial charge is 0.396 e. The monoisotopic (exact) mass is 237 g/mol. The van der Waals surface area contributed by atoms with Gasteiger partial charge in [0, 0.05) is 13.1 Å². The van der Waals surface area contributed by atoms with Crippen LogP contribution < -0.4 is 11.1 Å². The minimum atomic E-state index is -0.342. The van der Waals surface area contributed by atoms with Gasteiger partial charge in [-0.3, -0.25) is 14.7 Å². The number of aromatic nitrogens is 2. The summed E-state index contributed by atoms with van der Waals surface area (Å²) in [5.74, 6) is -0.493. The van der Waals surface area contributed by atoms with Crippen molar-refractivity contribution in [2.24, 2.45) is 0 Å². The predicted molar refractivity (Wildman–Crippen MR) is 61.1 cm³/mol. The molecule has 7 nitrogen and oxygen atoms in total. The Labute approximate surface area is 98.4 Å². The van der Waals surface area contributed by atoms with E-state index in [0.717, 1.165) is 12.8 Å². The predicted octanol–water partition coefficient (Wildman–Crippen LogP) is -0.657. The quantitative estimate of drug-likeness (QED) is 0.646. The molecule has 1 aliphatic carbocycles. The molecule has 0 bridgehead atoms. The first kappa shape index (κ1) is 11.4. The number of aromatic amines is 1. The zero-order chi connectivity index (χ0) is 12.4. The maximum atomic E-state index is 11.9. The molecule has 1 aromatic heterocycles. The maximum absolute atomic E-state index is 11.9. The van der Waals surface area contributed by atoms with Crippen LogP contribution in [0, 0.1) is 0 Å². The van der Waals surface area contributed by atoms with E-state index >= 15 is 0 Å². The Hall–Kier alpha value is -2.05. The van der Waals surface area contributed by atoms with Crippen LogP contribution in [-0.4, -0.2) is 46.5 Å². The lowest BCUT2D eigenvalue weighted by Crippen LogP contribution is -2.39. The molecule has 1 saturated carbocycles. The van der Waals surface area contributed by atoms with Gasteiger partial charge in [0.25, 0.3) is 5.91 Å². The third kappa shape index (κ3) is 2.74. The number of anilines is 1. The SMILES string of the molecule is CN(CC(=O)NC1CC1)C(=O)c1[nH]ncc1N. The summed E-state index contributed by atoms with van der Waals surface area (Å²) in [7, 11) is 1.55. The Kier molecular flexibility index (Phi) is 2.99. The minimum absolute atomic E-state index is 0.0216. The summed E-state index contributed by atoms with van der Waals surface area (Å²) in [5.41, 5.74) is 6.06. The number of carbonyl (C=O) groups excluding carboxylic acids is 2. The van der Waals surface area contributed by atoms with Gasteiger partial charge in [0.05, 0.1) is 18.4 Å². The molecule has 92 valence electrons. The Morgan fingerprint density at radius 2 is 2.35 bits per heavy atom. The first-order chi connectivity index (χ1) is 8.08. The molecule has 1 aromatic rings. The van der Waals surface area contributed by atoms with E-state index < -0.39 is 0 Å². The van der Waals surface area contributed by atoms with Crippen molar-refractivity contribution in [2.75, 3.05) is 19.3 Å². The molecule has 0 saturated heterocycles. The summed E-state index contributed by atoms with van der Waals surface area (Å²) >= 11 is 0. The normalized spacial score (nSPS) is 14.4. The number of amides is 2. The Morgan fingerprint density at radius 3 is 2.88 bits per heavy atom. The molecule has 1 aliphatic rings. The van der Waals surface area contributed by atoms with E-state index in [1.165, 1.54) is 11.1 Å². The van der Waals surface area contributed by atoms with Gasteiger partial charge in [0.2, 0.25) is 5.91 Å². The molecular weight excluding hydrogens is 222 g/mol. The fourth-order valence-electron chi connectivity index (χ4n) is 1.45. The molecule has 0 atom stereocenters. The standard InChI is InChI=1S/C10H15N5O2/c1-15(5-8(16)13-6-2-3-6)10(17)9-7(11)4-12-14-9/h4,6H,2-3,5,11H2,1H3,(H,12,14)(H,13,16). The van der Waals surface area contributed by atoms with Crippen LogP contribution >= 0.6 is 0 Å². The van der Waals surface area contributed by atoms with E-state index in [0.29, 0.717) is 6.04 Å². The number of rotatable bonds is 4. The van der Waals surface area contributed by atoms with Crippen molar-refractivity contribution >= 4 is 17.5 Å². The number of likely N-dealkylation sites (N-methyl/N-ethyl adjacent to an activating group) is 1. The van der Waals surface area contributed by atoms with Crippen molar-refractivity contribution in [1.29, 1.82) is 0 Å². The van der Waals surface area contributed by atoms with Crippen molar-refractivity contribution < 1.29 is 9.59 Å². The molecule has 2 amide bonds. The highest BCUT2D eigenvalue weighted by Crippen LogP contribution is 2.18. The molecule has 17 heavy (non-hydrogen) atoms. The molecule has 4 N–H and O–H groups in total. The van der Waals surface area contributed by atoms with Crippen LogP contribution in [0.1, 0.15) is 23.3 Å². The third-order valence-electron chi connectivity index (χ3n) is 2.55. The van der Waals surface area contributed by atoms with E-state index in [-0.39, 0.29) is 29.7 Å². The second kappa shape index (κ2) is 4.44. The first-order valence-electron chi connectivity index (χ1n) is 5.41. The smallest absolute Gasteiger partial charge is 0.274 e. The van der Waals surface area contributed by atoms with Crippen molar-refractivity contribution in [2.45, 2.75) is 18.9 Å². The van der Waals surface area contributed by atoms with Crippen molar-refractivity contribution in [3.8, 4) is 0 Å². The number of nitrogens with one attached hydrogen (secondary N) is 2. The molecule has 1 heterocycles. The van der Waals surface area contributed by atoms with Gasteiger partial charge in [-0.1, -0.05) is 0 Å². The van der Waals surface area contributed by atoms with Gasteiger partial charge in [-0.05, 0) is 12.8 Å². The molecule has 0 radical (unpaired) electrons. The zero-order valence-corrected chi connectivity index (χ0v) is 9.56. The second-order valence-electron chi connectivity index (χ2n) is 4.20. The summed E-state index contributed by atoms with van der Waals surface area (Å²) in [6.07, 6.45) is 3.42. The Bertz CT molecular complexity index is 438. The third-order valence-corrected chi connectivity index (χ3v) is 2.55. The van der Waals surface area contributed by atoms with Crippen LogP contribution in [0.5, 0.6) is 0 Å². The average molecular weight is 237 g/mol. The summed E-state index contributed by atoms with van der Waals surface area (Å²) in [6.45, 7) is 0.0216. The Balaban J connectivity index is 1.90. The van der Waals surface area contributed by atoms with Crippen LogP contribution in [0.25, 0.3) is 0 Å². The van der Waals surface area contributed by atoms with Gasteiger partial charge in [0.15, 0.2) is 0 Å². The van der Waals surface area contributed by atoms with E-state index in [9.17, 15) is 9.59 Å². The number of nitrogens with two attached hydrogens (primary N) is 1. The molecule has 0 spiro atoms. The number of hydrogen-bond acceptors (Lipinski definition) is 4. The number of nitrogens with zero attached hydrogens (tertiary/aromatic N) is 2. The van der Waals surface area contributed by atoms with Crippen LogP contribution in [0.4, 0.5) is 5.69 Å². The molecule has 0 unspecified atom stereocenters. The van der Waals surface area contributed by atoms with E-state index in [2.05, 4.69) is 15.5 Å². The molecule has 0 aliphatic heterocycles. The van der Waals surface area contributed by atoms with Crippen molar-refractivity contribution in [3.05, 3.63) is 11.9 Å². The topological polar surface area (TPSA) is 104 Å². The van der Waals surface area contributed by atoms with Crippen LogP contribution in [0.2, 0.25) is 0 Å². The summed E-state index contributed by atoms with van der Waals surface area (Å²) in [5, 5.41) is 8.99. The van der Waals surface area contributed by atoms with E-state index in [1.807, 2.05) is 0 Å². The van der Waals surface area contributed by atoms with Gasteiger partial charge in [-0.2, -0.15) is 5.10 Å². The van der Waals surface area contributed by atoms with Crippen molar-refractivity contribution in [3.63, 3.8) is 0 Å². The van der Waals surface area contributed by atoms with Gasteiger partial charge < -0.3 is 16.0 Å². The molecule has 7 heteroatoms. The molecule has 0 aromatic carbocycles. The summed E-state index contributed by atoms with van der Waals surface area (Å²) in [6, 6.07) is 0.295. The number of carbonyl (C=O) groups is 2. The first-order valence-corrected chi connectivity index (χ1v) is 5.41. The van der Waals surface area contributed by atoms with Crippen LogP contribution in [0.15, 0.2) is 6.20 Å². The van der Waals surface area contributed by atoms with Gasteiger partial charge >= 0.3 is 0 Å². The van der Waals surface area contributed by atoms with E-state index in [1.54, 1.807) is 7.05 Å². The highest BCUT2D eigenvalue weighted by atomic mass is 16.2. The van der Waals surface area contributed by atoms with Crippen LogP contribution in [-0.2, 0) is 4.79 Å².